The predicted octanol–water partition coefficient (Wildman–Crippen LogP) is 2.17. The summed E-state index contributed by atoms with van der Waals surface area (Å²) in [4.78, 5) is 6.76. The maximum absolute atomic E-state index is 4.29. The lowest BCUT2D eigenvalue weighted by molar-refractivity contribution is 0.268. The van der Waals surface area contributed by atoms with E-state index < -0.39 is 0 Å². The molecular weight excluding hydrogens is 254 g/mol. The fourth-order valence-corrected chi connectivity index (χ4v) is 4.52. The summed E-state index contributed by atoms with van der Waals surface area (Å²) in [5, 5.41) is 3.78. The predicted molar refractivity (Wildman–Crippen MR) is 81.4 cm³/mol. The van der Waals surface area contributed by atoms with Crippen molar-refractivity contribution >= 4 is 11.8 Å². The first-order chi connectivity index (χ1) is 9.34. The highest BCUT2D eigenvalue weighted by atomic mass is 32.2. The van der Waals surface area contributed by atoms with Gasteiger partial charge >= 0.3 is 0 Å². The molecule has 1 aromatic heterocycles. The molecule has 3 nitrogen and oxygen atoms in total. The van der Waals surface area contributed by atoms with E-state index in [1.54, 1.807) is 0 Å². The van der Waals surface area contributed by atoms with Crippen molar-refractivity contribution in [2.45, 2.75) is 24.9 Å². The Bertz CT molecular complexity index is 392. The van der Waals surface area contributed by atoms with Gasteiger partial charge in [-0.15, -0.1) is 0 Å². The molecule has 3 atom stereocenters. The second-order valence-corrected chi connectivity index (χ2v) is 6.88. The van der Waals surface area contributed by atoms with Crippen molar-refractivity contribution in [3.63, 3.8) is 0 Å². The van der Waals surface area contributed by atoms with Gasteiger partial charge in [0.05, 0.1) is 0 Å². The van der Waals surface area contributed by atoms with E-state index in [9.17, 15) is 0 Å². The lowest BCUT2D eigenvalue weighted by atomic mass is 9.94. The molecule has 104 valence electrons. The fraction of sp³-hybridized carbons (Fsp3) is 0.667. The Morgan fingerprint density at radius 2 is 2.42 bits per heavy atom. The Labute approximate surface area is 120 Å². The monoisotopic (exact) mass is 277 g/mol. The summed E-state index contributed by atoms with van der Waals surface area (Å²) in [7, 11) is 2.24. The number of hydrogen-bond donors (Lipinski definition) is 1. The summed E-state index contributed by atoms with van der Waals surface area (Å²) in [6.07, 6.45) is 6.53. The number of pyridine rings is 1. The smallest absolute Gasteiger partial charge is 0.0401 e. The summed E-state index contributed by atoms with van der Waals surface area (Å²) in [6.45, 7) is 2.35. The fourth-order valence-electron chi connectivity index (χ4n) is 3.33. The number of hydrogen-bond acceptors (Lipinski definition) is 4. The van der Waals surface area contributed by atoms with Gasteiger partial charge in [-0.25, -0.2) is 0 Å². The number of thioether (sulfide) groups is 1. The molecule has 0 radical (unpaired) electrons. The van der Waals surface area contributed by atoms with Gasteiger partial charge in [-0.05, 0) is 49.7 Å². The summed E-state index contributed by atoms with van der Waals surface area (Å²) < 4.78 is 0. The first-order valence-electron chi connectivity index (χ1n) is 7.26. The van der Waals surface area contributed by atoms with Gasteiger partial charge in [-0.3, -0.25) is 9.88 Å². The molecule has 0 saturated carbocycles. The summed E-state index contributed by atoms with van der Waals surface area (Å²) in [5.74, 6) is 3.34. The van der Waals surface area contributed by atoms with Crippen LogP contribution in [0.2, 0.25) is 0 Å². The van der Waals surface area contributed by atoms with Crippen LogP contribution in [0.1, 0.15) is 24.4 Å². The molecule has 1 N–H and O–H groups in total. The van der Waals surface area contributed by atoms with E-state index in [0.29, 0.717) is 6.04 Å². The van der Waals surface area contributed by atoms with Crippen LogP contribution in [0.3, 0.4) is 0 Å². The van der Waals surface area contributed by atoms with Crippen LogP contribution in [0.25, 0.3) is 0 Å². The molecule has 0 aromatic carbocycles. The minimum atomic E-state index is 0.537. The van der Waals surface area contributed by atoms with E-state index in [1.807, 2.05) is 12.4 Å². The minimum absolute atomic E-state index is 0.537. The quantitative estimate of drug-likeness (QED) is 0.913. The van der Waals surface area contributed by atoms with Crippen LogP contribution >= 0.6 is 11.8 Å². The molecule has 3 heterocycles. The highest BCUT2D eigenvalue weighted by molar-refractivity contribution is 7.99. The van der Waals surface area contributed by atoms with Gasteiger partial charge in [0.2, 0.25) is 0 Å². The summed E-state index contributed by atoms with van der Waals surface area (Å²) in [6, 6.07) is 5.55. The topological polar surface area (TPSA) is 28.2 Å². The Kier molecular flexibility index (Phi) is 4.41. The van der Waals surface area contributed by atoms with Crippen LogP contribution in [0, 0.1) is 5.92 Å². The average molecular weight is 277 g/mol. The second kappa shape index (κ2) is 6.25. The van der Waals surface area contributed by atoms with E-state index >= 15 is 0 Å². The first kappa shape index (κ1) is 13.4. The Morgan fingerprint density at radius 1 is 1.47 bits per heavy atom. The molecule has 0 bridgehead atoms. The van der Waals surface area contributed by atoms with E-state index in [4.69, 9.17) is 0 Å². The van der Waals surface area contributed by atoms with Gasteiger partial charge in [-0.2, -0.15) is 11.8 Å². The van der Waals surface area contributed by atoms with Gasteiger partial charge in [0, 0.05) is 36.8 Å². The Hall–Kier alpha value is -0.580. The molecule has 0 unspecified atom stereocenters. The van der Waals surface area contributed by atoms with Crippen molar-refractivity contribution in [3.8, 4) is 0 Å². The molecule has 2 fully saturated rings. The highest BCUT2D eigenvalue weighted by Gasteiger charge is 2.33. The number of rotatable bonds is 4. The van der Waals surface area contributed by atoms with E-state index in [0.717, 1.165) is 18.5 Å². The molecule has 0 spiro atoms. The zero-order valence-corrected chi connectivity index (χ0v) is 12.4. The average Bonchev–Trinajstić information content (AvgIpc) is 3.07. The largest absolute Gasteiger partial charge is 0.313 e. The zero-order chi connectivity index (χ0) is 13.1. The van der Waals surface area contributed by atoms with Crippen molar-refractivity contribution in [2.75, 3.05) is 31.6 Å². The van der Waals surface area contributed by atoms with Crippen LogP contribution in [0.5, 0.6) is 0 Å². The molecule has 2 aliphatic rings. The molecule has 1 aromatic rings. The molecule has 3 rings (SSSR count). The normalized spacial score (nSPS) is 31.9. The lowest BCUT2D eigenvalue weighted by Gasteiger charge is -2.26. The molecule has 0 amide bonds. The minimum Gasteiger partial charge on any atom is -0.313 e. The van der Waals surface area contributed by atoms with Gasteiger partial charge < -0.3 is 5.32 Å². The molecular formula is C15H23N3S. The van der Waals surface area contributed by atoms with E-state index in [-0.39, 0.29) is 0 Å². The third-order valence-electron chi connectivity index (χ3n) is 4.40. The molecule has 0 aliphatic carbocycles. The molecule has 2 aliphatic heterocycles. The van der Waals surface area contributed by atoms with Crippen LogP contribution < -0.4 is 5.32 Å². The van der Waals surface area contributed by atoms with E-state index in [2.05, 4.69) is 46.1 Å². The summed E-state index contributed by atoms with van der Waals surface area (Å²) in [5.41, 5.74) is 1.37. The third kappa shape index (κ3) is 3.12. The Morgan fingerprint density at radius 3 is 3.16 bits per heavy atom. The van der Waals surface area contributed by atoms with Crippen molar-refractivity contribution in [2.24, 2.45) is 5.92 Å². The maximum Gasteiger partial charge on any atom is 0.0401 e. The van der Waals surface area contributed by atoms with Gasteiger partial charge in [0.25, 0.3) is 0 Å². The molecule has 19 heavy (non-hydrogen) atoms. The van der Waals surface area contributed by atoms with Gasteiger partial charge in [-0.1, -0.05) is 6.07 Å². The first-order valence-corrected chi connectivity index (χ1v) is 8.41. The molecule has 2 saturated heterocycles. The van der Waals surface area contributed by atoms with E-state index in [1.165, 1.54) is 36.5 Å². The maximum atomic E-state index is 4.29. The van der Waals surface area contributed by atoms with Crippen molar-refractivity contribution in [1.29, 1.82) is 0 Å². The lowest BCUT2D eigenvalue weighted by Crippen LogP contribution is -2.35. The Balaban J connectivity index is 1.63. The zero-order valence-electron chi connectivity index (χ0n) is 11.6. The second-order valence-electron chi connectivity index (χ2n) is 5.73. The number of nitrogens with one attached hydrogen (secondary N) is 1. The SMILES string of the molecule is CN1CC[C@@H](CN[C@@H]2CCSC2)[C@@H]1c1cccnc1. The van der Waals surface area contributed by atoms with Crippen LogP contribution in [0.4, 0.5) is 0 Å². The third-order valence-corrected chi connectivity index (χ3v) is 5.56. The van der Waals surface area contributed by atoms with Gasteiger partial charge in [0.15, 0.2) is 0 Å². The number of nitrogens with zero attached hydrogens (tertiary/aromatic N) is 2. The van der Waals surface area contributed by atoms with Crippen LogP contribution in [0.15, 0.2) is 24.5 Å². The number of likely N-dealkylation sites (tertiary alicyclic amines) is 1. The van der Waals surface area contributed by atoms with Crippen molar-refractivity contribution in [1.82, 2.24) is 15.2 Å². The number of aromatic nitrogens is 1. The standard InChI is InChI=1S/C15H23N3S/c1-18-7-4-13(10-17-14-5-8-19-11-14)15(18)12-3-2-6-16-9-12/h2-3,6,9,13-15,17H,4-5,7-8,10-11H2,1H3/t13-,14+,15-/m0/s1. The van der Waals surface area contributed by atoms with Crippen molar-refractivity contribution < 1.29 is 0 Å². The van der Waals surface area contributed by atoms with Gasteiger partial charge in [0.1, 0.15) is 0 Å². The summed E-state index contributed by atoms with van der Waals surface area (Å²) >= 11 is 2.08. The van der Waals surface area contributed by atoms with Crippen molar-refractivity contribution in [3.05, 3.63) is 30.1 Å². The molecule has 4 heteroatoms. The van der Waals surface area contributed by atoms with Crippen LogP contribution in [-0.2, 0) is 0 Å². The van der Waals surface area contributed by atoms with Crippen LogP contribution in [-0.4, -0.2) is 47.6 Å². The highest BCUT2D eigenvalue weighted by Crippen LogP contribution is 2.35.